The summed E-state index contributed by atoms with van der Waals surface area (Å²) in [4.78, 5) is 23.2. The number of nitrogens with one attached hydrogen (secondary N) is 2. The maximum atomic E-state index is 12.1. The lowest BCUT2D eigenvalue weighted by Crippen LogP contribution is -2.26. The van der Waals surface area contributed by atoms with Crippen LogP contribution in [0.4, 0.5) is 5.82 Å². The van der Waals surface area contributed by atoms with Crippen molar-refractivity contribution >= 4 is 62.7 Å². The summed E-state index contributed by atoms with van der Waals surface area (Å²) in [5.41, 5.74) is 4.56. The molecule has 9 heteroatoms. The van der Waals surface area contributed by atoms with Crippen LogP contribution in [0, 0.1) is 0 Å². The van der Waals surface area contributed by atoms with Gasteiger partial charge < -0.3 is 5.32 Å². The lowest BCUT2D eigenvalue weighted by atomic mass is 9.97. The number of aryl methyl sites for hydroxylation is 2. The van der Waals surface area contributed by atoms with E-state index in [-0.39, 0.29) is 12.5 Å². The zero-order valence-corrected chi connectivity index (χ0v) is 17.2. The molecule has 2 aromatic heterocycles. The van der Waals surface area contributed by atoms with Crippen molar-refractivity contribution in [2.24, 2.45) is 5.10 Å². The van der Waals surface area contributed by atoms with E-state index in [0.717, 1.165) is 28.6 Å². The SMILES string of the molecule is O=C(CNc1ncnc2sc3c(c12)CCCC3)N/N=C/c1ccc(Cl)c(Cl)c1. The fourth-order valence-electron chi connectivity index (χ4n) is 3.20. The van der Waals surface area contributed by atoms with E-state index in [0.29, 0.717) is 15.9 Å². The Hall–Kier alpha value is -2.22. The number of carbonyl (C=O) groups is 1. The quantitative estimate of drug-likeness (QED) is 0.460. The maximum Gasteiger partial charge on any atom is 0.259 e. The third kappa shape index (κ3) is 4.11. The average Bonchev–Trinajstić information content (AvgIpc) is 3.08. The summed E-state index contributed by atoms with van der Waals surface area (Å²) in [5, 5.41) is 9.03. The summed E-state index contributed by atoms with van der Waals surface area (Å²) in [6.07, 6.45) is 7.58. The highest BCUT2D eigenvalue weighted by atomic mass is 35.5. The molecule has 1 amide bonds. The molecule has 2 N–H and O–H groups in total. The number of hydrazone groups is 1. The normalized spacial score (nSPS) is 13.6. The Morgan fingerprint density at radius 1 is 1.21 bits per heavy atom. The van der Waals surface area contributed by atoms with E-state index >= 15 is 0 Å². The van der Waals surface area contributed by atoms with Crippen LogP contribution in [-0.4, -0.2) is 28.6 Å². The van der Waals surface area contributed by atoms with Gasteiger partial charge in [0.2, 0.25) is 0 Å². The smallest absolute Gasteiger partial charge is 0.259 e. The van der Waals surface area contributed by atoms with Gasteiger partial charge in [-0.3, -0.25) is 4.79 Å². The number of benzene rings is 1. The molecule has 3 aromatic rings. The second-order valence-corrected chi connectivity index (χ2v) is 8.33. The molecule has 0 aliphatic heterocycles. The minimum atomic E-state index is -0.271. The first-order valence-electron chi connectivity index (χ1n) is 8.88. The van der Waals surface area contributed by atoms with Gasteiger partial charge in [-0.2, -0.15) is 5.10 Å². The van der Waals surface area contributed by atoms with Gasteiger partial charge in [-0.05, 0) is 48.9 Å². The zero-order valence-electron chi connectivity index (χ0n) is 14.8. The summed E-state index contributed by atoms with van der Waals surface area (Å²) >= 11 is 13.6. The van der Waals surface area contributed by atoms with E-state index in [1.807, 2.05) is 0 Å². The summed E-state index contributed by atoms with van der Waals surface area (Å²) in [6, 6.07) is 5.12. The summed E-state index contributed by atoms with van der Waals surface area (Å²) < 4.78 is 0. The van der Waals surface area contributed by atoms with Gasteiger partial charge >= 0.3 is 0 Å². The number of amides is 1. The van der Waals surface area contributed by atoms with Crippen LogP contribution >= 0.6 is 34.5 Å². The molecule has 4 rings (SSSR count). The first-order chi connectivity index (χ1) is 13.6. The minimum Gasteiger partial charge on any atom is -0.360 e. The number of nitrogens with zero attached hydrogens (tertiary/aromatic N) is 3. The molecule has 1 aliphatic carbocycles. The lowest BCUT2D eigenvalue weighted by molar-refractivity contribution is -0.119. The van der Waals surface area contributed by atoms with E-state index in [9.17, 15) is 4.79 Å². The number of hydrogen-bond donors (Lipinski definition) is 2. The molecule has 28 heavy (non-hydrogen) atoms. The average molecular weight is 434 g/mol. The highest BCUT2D eigenvalue weighted by Gasteiger charge is 2.19. The second kappa shape index (κ2) is 8.43. The van der Waals surface area contributed by atoms with Crippen LogP contribution in [-0.2, 0) is 17.6 Å². The van der Waals surface area contributed by atoms with E-state index < -0.39 is 0 Å². The molecular formula is C19H17Cl2N5OS. The number of aromatic nitrogens is 2. The number of carbonyl (C=O) groups excluding carboxylic acids is 1. The molecule has 0 bridgehead atoms. The Balaban J connectivity index is 1.40. The van der Waals surface area contributed by atoms with Crippen molar-refractivity contribution < 1.29 is 4.79 Å². The van der Waals surface area contributed by atoms with Crippen molar-refractivity contribution in [1.29, 1.82) is 0 Å². The lowest BCUT2D eigenvalue weighted by Gasteiger charge is -2.12. The monoisotopic (exact) mass is 433 g/mol. The van der Waals surface area contributed by atoms with Crippen LogP contribution in [0.25, 0.3) is 10.2 Å². The van der Waals surface area contributed by atoms with Gasteiger partial charge in [0.05, 0.1) is 28.2 Å². The van der Waals surface area contributed by atoms with Gasteiger partial charge in [0.25, 0.3) is 5.91 Å². The molecule has 0 saturated heterocycles. The van der Waals surface area contributed by atoms with Gasteiger partial charge in [-0.1, -0.05) is 29.3 Å². The van der Waals surface area contributed by atoms with E-state index in [4.69, 9.17) is 23.2 Å². The number of thiophene rings is 1. The molecule has 0 atom stereocenters. The maximum absolute atomic E-state index is 12.1. The molecule has 1 aliphatic rings. The van der Waals surface area contributed by atoms with Crippen molar-refractivity contribution in [3.05, 3.63) is 50.6 Å². The Bertz CT molecular complexity index is 1070. The Morgan fingerprint density at radius 2 is 2.07 bits per heavy atom. The van der Waals surface area contributed by atoms with Crippen molar-refractivity contribution in [1.82, 2.24) is 15.4 Å². The third-order valence-corrected chi connectivity index (χ3v) is 6.45. The highest BCUT2D eigenvalue weighted by molar-refractivity contribution is 7.19. The van der Waals surface area contributed by atoms with Crippen LogP contribution in [0.2, 0.25) is 10.0 Å². The minimum absolute atomic E-state index is 0.0649. The van der Waals surface area contributed by atoms with Crippen LogP contribution in [0.15, 0.2) is 29.6 Å². The van der Waals surface area contributed by atoms with Gasteiger partial charge in [-0.15, -0.1) is 11.3 Å². The number of anilines is 1. The van der Waals surface area contributed by atoms with E-state index in [1.165, 1.54) is 35.8 Å². The molecule has 0 spiro atoms. The summed E-state index contributed by atoms with van der Waals surface area (Å²) in [6.45, 7) is 0.0649. The van der Waals surface area contributed by atoms with Gasteiger partial charge in [0.15, 0.2) is 0 Å². The Labute approximate surface area is 176 Å². The first-order valence-corrected chi connectivity index (χ1v) is 10.4. The standard InChI is InChI=1S/C19H17Cl2N5OS/c20-13-6-5-11(7-14(13)21)8-25-26-16(27)9-22-18-17-12-3-1-2-4-15(12)28-19(17)24-10-23-18/h5-8,10H,1-4,9H2,(H,26,27)(H,22,23,24)/b25-8+. The summed E-state index contributed by atoms with van der Waals surface area (Å²) in [7, 11) is 0. The molecular weight excluding hydrogens is 417 g/mol. The topological polar surface area (TPSA) is 79.3 Å². The number of hydrogen-bond acceptors (Lipinski definition) is 6. The Kier molecular flexibility index (Phi) is 5.75. The first kappa shape index (κ1) is 19.1. The van der Waals surface area contributed by atoms with E-state index in [2.05, 4.69) is 25.8 Å². The van der Waals surface area contributed by atoms with Crippen molar-refractivity contribution in [3.8, 4) is 0 Å². The highest BCUT2D eigenvalue weighted by Crippen LogP contribution is 2.37. The molecule has 0 radical (unpaired) electrons. The largest absolute Gasteiger partial charge is 0.360 e. The van der Waals surface area contributed by atoms with Crippen molar-refractivity contribution in [2.45, 2.75) is 25.7 Å². The molecule has 0 saturated carbocycles. The van der Waals surface area contributed by atoms with Gasteiger partial charge in [0.1, 0.15) is 17.0 Å². The number of halogens is 2. The Morgan fingerprint density at radius 3 is 2.93 bits per heavy atom. The number of fused-ring (bicyclic) bond motifs is 3. The van der Waals surface area contributed by atoms with Gasteiger partial charge in [-0.25, -0.2) is 15.4 Å². The molecule has 144 valence electrons. The predicted molar refractivity (Wildman–Crippen MR) is 115 cm³/mol. The molecule has 0 unspecified atom stereocenters. The predicted octanol–water partition coefficient (Wildman–Crippen LogP) is 4.44. The van der Waals surface area contributed by atoms with E-state index in [1.54, 1.807) is 29.5 Å². The number of rotatable bonds is 5. The summed E-state index contributed by atoms with van der Waals surface area (Å²) in [5.74, 6) is 0.431. The molecule has 0 fully saturated rings. The van der Waals surface area contributed by atoms with Crippen LogP contribution in [0.3, 0.4) is 0 Å². The van der Waals surface area contributed by atoms with Gasteiger partial charge in [0, 0.05) is 4.88 Å². The van der Waals surface area contributed by atoms with Crippen LogP contribution in [0.5, 0.6) is 0 Å². The van der Waals surface area contributed by atoms with Crippen molar-refractivity contribution in [2.75, 3.05) is 11.9 Å². The second-order valence-electron chi connectivity index (χ2n) is 6.43. The fraction of sp³-hybridized carbons (Fsp3) is 0.263. The van der Waals surface area contributed by atoms with Crippen molar-refractivity contribution in [3.63, 3.8) is 0 Å². The fourth-order valence-corrected chi connectivity index (χ4v) is 4.73. The van der Waals surface area contributed by atoms with Crippen LogP contribution in [0.1, 0.15) is 28.8 Å². The molecule has 6 nitrogen and oxygen atoms in total. The third-order valence-electron chi connectivity index (χ3n) is 4.51. The zero-order chi connectivity index (χ0) is 19.5. The molecule has 2 heterocycles. The van der Waals surface area contributed by atoms with Crippen LogP contribution < -0.4 is 10.7 Å². The molecule has 1 aromatic carbocycles.